The summed E-state index contributed by atoms with van der Waals surface area (Å²) in [7, 11) is 0. The maximum atomic E-state index is 11.9. The van der Waals surface area contributed by atoms with Gasteiger partial charge in [-0.15, -0.1) is 0 Å². The second-order valence-electron chi connectivity index (χ2n) is 8.84. The lowest BCUT2D eigenvalue weighted by molar-refractivity contribution is -0.125. The average Bonchev–Trinajstić information content (AvgIpc) is 2.78. The second kappa shape index (κ2) is 7.84. The first-order valence-corrected chi connectivity index (χ1v) is 10.1. The highest BCUT2D eigenvalue weighted by Gasteiger charge is 2.44. The third kappa shape index (κ3) is 4.20. The SMILES string of the molecule is CC(C)C(=O)CN1CCC(OC2[C@@H]3CC[C@H]2CN(C(C)C)C3)CC1. The van der Waals surface area contributed by atoms with Gasteiger partial charge in [0.05, 0.1) is 18.8 Å². The zero-order valence-corrected chi connectivity index (χ0v) is 16.0. The van der Waals surface area contributed by atoms with E-state index in [0.29, 0.717) is 30.6 Å². The summed E-state index contributed by atoms with van der Waals surface area (Å²) in [4.78, 5) is 16.9. The monoisotopic (exact) mass is 336 g/mol. The lowest BCUT2D eigenvalue weighted by Crippen LogP contribution is -2.50. The molecule has 138 valence electrons. The van der Waals surface area contributed by atoms with Crippen LogP contribution in [0.1, 0.15) is 53.4 Å². The highest BCUT2D eigenvalue weighted by molar-refractivity contribution is 5.82. The van der Waals surface area contributed by atoms with Crippen LogP contribution < -0.4 is 0 Å². The molecule has 2 bridgehead atoms. The Balaban J connectivity index is 1.45. The van der Waals surface area contributed by atoms with Crippen molar-refractivity contribution >= 4 is 5.78 Å². The minimum Gasteiger partial charge on any atom is -0.374 e. The summed E-state index contributed by atoms with van der Waals surface area (Å²) in [6.07, 6.45) is 5.79. The molecule has 1 saturated carbocycles. The van der Waals surface area contributed by atoms with E-state index in [4.69, 9.17) is 4.74 Å². The third-order valence-electron chi connectivity index (χ3n) is 6.41. The van der Waals surface area contributed by atoms with Crippen molar-refractivity contribution < 1.29 is 9.53 Å². The highest BCUT2D eigenvalue weighted by Crippen LogP contribution is 2.40. The fourth-order valence-electron chi connectivity index (χ4n) is 4.68. The molecule has 0 spiro atoms. The molecule has 1 aliphatic carbocycles. The molecule has 1 unspecified atom stereocenters. The largest absolute Gasteiger partial charge is 0.374 e. The molecule has 0 aromatic carbocycles. The van der Waals surface area contributed by atoms with Crippen molar-refractivity contribution in [2.24, 2.45) is 17.8 Å². The molecule has 0 N–H and O–H groups in total. The van der Waals surface area contributed by atoms with Crippen LogP contribution in [0.15, 0.2) is 0 Å². The summed E-state index contributed by atoms with van der Waals surface area (Å²) < 4.78 is 6.61. The van der Waals surface area contributed by atoms with Gasteiger partial charge in [0.15, 0.2) is 0 Å². The molecular weight excluding hydrogens is 300 g/mol. The number of rotatable bonds is 6. The Morgan fingerprint density at radius 2 is 1.58 bits per heavy atom. The van der Waals surface area contributed by atoms with Gasteiger partial charge in [0.25, 0.3) is 0 Å². The fourth-order valence-corrected chi connectivity index (χ4v) is 4.68. The smallest absolute Gasteiger partial charge is 0.149 e. The summed E-state index contributed by atoms with van der Waals surface area (Å²) in [6.45, 7) is 13.7. The predicted molar refractivity (Wildman–Crippen MR) is 97.1 cm³/mol. The number of carbonyl (C=O) groups excluding carboxylic acids is 1. The molecule has 4 nitrogen and oxygen atoms in total. The van der Waals surface area contributed by atoms with Gasteiger partial charge in [-0.3, -0.25) is 9.69 Å². The summed E-state index contributed by atoms with van der Waals surface area (Å²) in [6, 6.07) is 0.663. The van der Waals surface area contributed by atoms with E-state index in [1.54, 1.807) is 0 Å². The first-order chi connectivity index (χ1) is 11.4. The van der Waals surface area contributed by atoms with Crippen LogP contribution in [0.25, 0.3) is 0 Å². The molecule has 3 atom stereocenters. The summed E-state index contributed by atoms with van der Waals surface area (Å²) >= 11 is 0. The summed E-state index contributed by atoms with van der Waals surface area (Å²) in [5.41, 5.74) is 0. The van der Waals surface area contributed by atoms with Crippen LogP contribution in [0.2, 0.25) is 0 Å². The van der Waals surface area contributed by atoms with Gasteiger partial charge in [-0.1, -0.05) is 13.8 Å². The van der Waals surface area contributed by atoms with Gasteiger partial charge in [-0.05, 0) is 51.4 Å². The Morgan fingerprint density at radius 1 is 1.00 bits per heavy atom. The number of ether oxygens (including phenoxy) is 1. The van der Waals surface area contributed by atoms with Crippen LogP contribution in [0, 0.1) is 17.8 Å². The average molecular weight is 337 g/mol. The quantitative estimate of drug-likeness (QED) is 0.747. The highest BCUT2D eigenvalue weighted by atomic mass is 16.5. The minimum absolute atomic E-state index is 0.153. The number of carbonyl (C=O) groups is 1. The molecule has 3 aliphatic rings. The van der Waals surface area contributed by atoms with E-state index >= 15 is 0 Å². The van der Waals surface area contributed by atoms with Crippen LogP contribution in [0.3, 0.4) is 0 Å². The zero-order chi connectivity index (χ0) is 17.3. The standard InChI is InChI=1S/C20H36N2O2/c1-14(2)19(23)13-21-9-7-18(8-10-21)24-20-16-5-6-17(20)12-22(11-16)15(3)4/h14-18,20H,5-13H2,1-4H3/t16-,17+,20?. The van der Waals surface area contributed by atoms with Crippen molar-refractivity contribution in [2.75, 3.05) is 32.7 Å². The van der Waals surface area contributed by atoms with E-state index in [9.17, 15) is 4.79 Å². The number of ketones is 1. The van der Waals surface area contributed by atoms with Gasteiger partial charge < -0.3 is 9.64 Å². The van der Waals surface area contributed by atoms with Crippen molar-refractivity contribution in [3.63, 3.8) is 0 Å². The molecule has 2 saturated heterocycles. The molecular formula is C20H36N2O2. The van der Waals surface area contributed by atoms with Crippen LogP contribution >= 0.6 is 0 Å². The Kier molecular flexibility index (Phi) is 5.99. The first kappa shape index (κ1) is 18.3. The van der Waals surface area contributed by atoms with Crippen molar-refractivity contribution in [1.82, 2.24) is 9.80 Å². The number of nitrogens with zero attached hydrogens (tertiary/aromatic N) is 2. The fraction of sp³-hybridized carbons (Fsp3) is 0.950. The molecule has 0 radical (unpaired) electrons. The molecule has 3 fully saturated rings. The van der Waals surface area contributed by atoms with Gasteiger partial charge in [0, 0.05) is 38.1 Å². The molecule has 2 aliphatic heterocycles. The van der Waals surface area contributed by atoms with E-state index in [0.717, 1.165) is 37.8 Å². The lowest BCUT2D eigenvalue weighted by atomic mass is 9.93. The van der Waals surface area contributed by atoms with E-state index < -0.39 is 0 Å². The van der Waals surface area contributed by atoms with Crippen molar-refractivity contribution in [3.8, 4) is 0 Å². The maximum absolute atomic E-state index is 11.9. The predicted octanol–water partition coefficient (Wildman–Crippen LogP) is 2.81. The Morgan fingerprint density at radius 3 is 2.08 bits per heavy atom. The number of piperidine rings is 2. The van der Waals surface area contributed by atoms with E-state index in [-0.39, 0.29) is 5.92 Å². The number of hydrogen-bond acceptors (Lipinski definition) is 4. The van der Waals surface area contributed by atoms with E-state index in [1.165, 1.54) is 25.9 Å². The maximum Gasteiger partial charge on any atom is 0.149 e. The topological polar surface area (TPSA) is 32.8 Å². The minimum atomic E-state index is 0.153. The van der Waals surface area contributed by atoms with Crippen molar-refractivity contribution in [1.29, 1.82) is 0 Å². The molecule has 2 heterocycles. The van der Waals surface area contributed by atoms with Gasteiger partial charge in [-0.2, -0.15) is 0 Å². The molecule has 4 heteroatoms. The zero-order valence-electron chi connectivity index (χ0n) is 16.0. The third-order valence-corrected chi connectivity index (χ3v) is 6.41. The molecule has 0 aromatic rings. The molecule has 0 amide bonds. The molecule has 24 heavy (non-hydrogen) atoms. The summed E-state index contributed by atoms with van der Waals surface area (Å²) in [5, 5.41) is 0. The normalized spacial score (nSPS) is 32.8. The lowest BCUT2D eigenvalue weighted by Gasteiger charge is -2.42. The van der Waals surface area contributed by atoms with Gasteiger partial charge in [0.2, 0.25) is 0 Å². The van der Waals surface area contributed by atoms with Crippen molar-refractivity contribution in [2.45, 2.75) is 71.6 Å². The Labute approximate surface area is 147 Å². The van der Waals surface area contributed by atoms with Crippen molar-refractivity contribution in [3.05, 3.63) is 0 Å². The van der Waals surface area contributed by atoms with Gasteiger partial charge in [0.1, 0.15) is 5.78 Å². The molecule has 3 rings (SSSR count). The number of fused-ring (bicyclic) bond motifs is 2. The van der Waals surface area contributed by atoms with Crippen LogP contribution in [-0.2, 0) is 9.53 Å². The van der Waals surface area contributed by atoms with Crippen LogP contribution in [0.5, 0.6) is 0 Å². The molecule has 0 aromatic heterocycles. The Hall–Kier alpha value is -0.450. The van der Waals surface area contributed by atoms with Gasteiger partial charge in [-0.25, -0.2) is 0 Å². The van der Waals surface area contributed by atoms with Crippen LogP contribution in [0.4, 0.5) is 0 Å². The van der Waals surface area contributed by atoms with E-state index in [1.807, 2.05) is 13.8 Å². The first-order valence-electron chi connectivity index (χ1n) is 10.1. The second-order valence-corrected chi connectivity index (χ2v) is 8.84. The van der Waals surface area contributed by atoms with Gasteiger partial charge >= 0.3 is 0 Å². The summed E-state index contributed by atoms with van der Waals surface area (Å²) in [5.74, 6) is 2.01. The number of hydrogen-bond donors (Lipinski definition) is 0. The van der Waals surface area contributed by atoms with E-state index in [2.05, 4.69) is 23.6 Å². The number of likely N-dealkylation sites (tertiary alicyclic amines) is 2. The Bertz CT molecular complexity index is 415. The van der Waals surface area contributed by atoms with Crippen LogP contribution in [-0.4, -0.2) is 66.6 Å². The number of Topliss-reactive ketones (excluding diaryl/α,β-unsaturated/α-hetero) is 1.